The fourth-order valence-corrected chi connectivity index (χ4v) is 5.39. The number of likely N-dealkylation sites (N-methyl/N-ethyl adjacent to an activating group) is 1. The zero-order chi connectivity index (χ0) is 27.9. The molecule has 0 saturated carbocycles. The number of nitrogens with one attached hydrogen (secondary N) is 1. The molecule has 0 bridgehead atoms. The lowest BCUT2D eigenvalue weighted by molar-refractivity contribution is -0.139. The number of hydrogen-bond acceptors (Lipinski definition) is 4. The second-order valence-electron chi connectivity index (χ2n) is 8.71. The molecular formula is C27H30Cl2N4O4S. The van der Waals surface area contributed by atoms with Crippen LogP contribution in [0.25, 0.3) is 0 Å². The highest BCUT2D eigenvalue weighted by Gasteiger charge is 2.34. The van der Waals surface area contributed by atoms with Gasteiger partial charge in [0, 0.05) is 44.2 Å². The van der Waals surface area contributed by atoms with Crippen LogP contribution in [-0.2, 0) is 32.8 Å². The molecule has 3 aromatic rings. The van der Waals surface area contributed by atoms with Gasteiger partial charge >= 0.3 is 10.2 Å². The molecule has 38 heavy (non-hydrogen) atoms. The molecule has 0 spiro atoms. The number of carbonyl (C=O) groups is 2. The molecule has 3 aromatic carbocycles. The second-order valence-corrected chi connectivity index (χ2v) is 11.6. The number of anilines is 1. The highest BCUT2D eigenvalue weighted by Crippen LogP contribution is 2.25. The van der Waals surface area contributed by atoms with Crippen molar-refractivity contribution in [2.75, 3.05) is 32.0 Å². The van der Waals surface area contributed by atoms with E-state index < -0.39 is 34.6 Å². The van der Waals surface area contributed by atoms with Crippen molar-refractivity contribution in [2.45, 2.75) is 19.0 Å². The molecule has 0 aliphatic heterocycles. The van der Waals surface area contributed by atoms with Crippen molar-refractivity contribution in [1.82, 2.24) is 14.5 Å². The van der Waals surface area contributed by atoms with Gasteiger partial charge in [0.05, 0.1) is 5.69 Å². The summed E-state index contributed by atoms with van der Waals surface area (Å²) in [6.45, 7) is -0.567. The average Bonchev–Trinajstić information content (AvgIpc) is 2.90. The van der Waals surface area contributed by atoms with Crippen molar-refractivity contribution in [3.05, 3.63) is 100 Å². The van der Waals surface area contributed by atoms with Gasteiger partial charge in [-0.15, -0.1) is 0 Å². The number of carbonyl (C=O) groups excluding carboxylic acids is 2. The van der Waals surface area contributed by atoms with Gasteiger partial charge in [-0.2, -0.15) is 12.7 Å². The lowest BCUT2D eigenvalue weighted by atomic mass is 10.0. The minimum Gasteiger partial charge on any atom is -0.357 e. The van der Waals surface area contributed by atoms with Crippen molar-refractivity contribution in [3.63, 3.8) is 0 Å². The maximum absolute atomic E-state index is 14.0. The predicted molar refractivity (Wildman–Crippen MR) is 151 cm³/mol. The summed E-state index contributed by atoms with van der Waals surface area (Å²) in [4.78, 5) is 28.5. The van der Waals surface area contributed by atoms with Gasteiger partial charge in [0.1, 0.15) is 12.6 Å². The molecule has 1 N–H and O–H groups in total. The third-order valence-electron chi connectivity index (χ3n) is 5.94. The minimum absolute atomic E-state index is 0.0373. The SMILES string of the molecule is CNC(=O)[C@@H](Cc1ccccc1)N(Cc1ccc(Cl)cc1Cl)C(=O)CN(c1ccccc1)S(=O)(=O)N(C)C. The first-order valence-corrected chi connectivity index (χ1v) is 13.9. The molecule has 0 radical (unpaired) electrons. The highest BCUT2D eigenvalue weighted by molar-refractivity contribution is 7.90. The smallest absolute Gasteiger partial charge is 0.304 e. The summed E-state index contributed by atoms with van der Waals surface area (Å²) in [5, 5.41) is 3.39. The third kappa shape index (κ3) is 7.26. The van der Waals surface area contributed by atoms with Crippen LogP contribution in [0.1, 0.15) is 11.1 Å². The molecule has 0 aliphatic rings. The Kier molecular flexibility index (Phi) is 10.2. The topological polar surface area (TPSA) is 90.0 Å². The molecule has 0 fully saturated rings. The molecule has 0 aliphatic carbocycles. The van der Waals surface area contributed by atoms with E-state index in [4.69, 9.17) is 23.2 Å². The fraction of sp³-hybridized carbons (Fsp3) is 0.259. The first kappa shape index (κ1) is 29.4. The van der Waals surface area contributed by atoms with Gasteiger partial charge in [0.25, 0.3) is 0 Å². The van der Waals surface area contributed by atoms with Crippen LogP contribution in [0.4, 0.5) is 5.69 Å². The summed E-state index contributed by atoms with van der Waals surface area (Å²) in [6.07, 6.45) is 0.212. The van der Waals surface area contributed by atoms with Gasteiger partial charge in [0.15, 0.2) is 0 Å². The molecular weight excluding hydrogens is 547 g/mol. The summed E-state index contributed by atoms with van der Waals surface area (Å²) in [6, 6.07) is 21.5. The van der Waals surface area contributed by atoms with Crippen molar-refractivity contribution in [2.24, 2.45) is 0 Å². The van der Waals surface area contributed by atoms with Crippen LogP contribution >= 0.6 is 23.2 Å². The first-order chi connectivity index (χ1) is 18.0. The number of amides is 2. The Morgan fingerprint density at radius 3 is 2.08 bits per heavy atom. The monoisotopic (exact) mass is 576 g/mol. The largest absolute Gasteiger partial charge is 0.357 e. The quantitative estimate of drug-likeness (QED) is 0.373. The van der Waals surface area contributed by atoms with Gasteiger partial charge in [-0.3, -0.25) is 9.59 Å². The number of para-hydroxylation sites is 1. The minimum atomic E-state index is -4.04. The van der Waals surface area contributed by atoms with Crippen molar-refractivity contribution >= 4 is 50.9 Å². The number of nitrogens with zero attached hydrogens (tertiary/aromatic N) is 3. The van der Waals surface area contributed by atoms with Gasteiger partial charge < -0.3 is 10.2 Å². The van der Waals surface area contributed by atoms with Crippen LogP contribution in [0, 0.1) is 0 Å². The molecule has 0 aromatic heterocycles. The second kappa shape index (κ2) is 13.1. The lowest BCUT2D eigenvalue weighted by Crippen LogP contribution is -2.53. The Balaban J connectivity index is 2.07. The fourth-order valence-electron chi connectivity index (χ4n) is 3.87. The van der Waals surface area contributed by atoms with Crippen LogP contribution in [0.5, 0.6) is 0 Å². The Bertz CT molecular complexity index is 1360. The maximum atomic E-state index is 14.0. The molecule has 8 nitrogen and oxygen atoms in total. The molecule has 0 heterocycles. The van der Waals surface area contributed by atoms with E-state index in [0.29, 0.717) is 21.3 Å². The van der Waals surface area contributed by atoms with E-state index in [1.165, 1.54) is 26.0 Å². The zero-order valence-electron chi connectivity index (χ0n) is 21.3. The van der Waals surface area contributed by atoms with E-state index in [1.54, 1.807) is 48.5 Å². The standard InChI is InChI=1S/C27H30Cl2N4O4S/c1-30-27(35)25(16-20-10-6-4-7-11-20)32(18-21-14-15-22(28)17-24(21)29)26(34)19-33(38(36,37)31(2)3)23-12-8-5-9-13-23/h4-15,17,25H,16,18-19H2,1-3H3,(H,30,35)/t25-/m1/s1. The number of rotatable bonds is 11. The van der Waals surface area contributed by atoms with Crippen LogP contribution in [0.2, 0.25) is 10.0 Å². The third-order valence-corrected chi connectivity index (χ3v) is 8.34. The summed E-state index contributed by atoms with van der Waals surface area (Å²) >= 11 is 12.5. The molecule has 3 rings (SSSR count). The van der Waals surface area contributed by atoms with E-state index in [-0.39, 0.29) is 13.0 Å². The molecule has 0 saturated heterocycles. The number of halogens is 2. The zero-order valence-corrected chi connectivity index (χ0v) is 23.7. The molecule has 11 heteroatoms. The highest BCUT2D eigenvalue weighted by atomic mass is 35.5. The van der Waals surface area contributed by atoms with Crippen LogP contribution < -0.4 is 9.62 Å². The molecule has 1 atom stereocenters. The van der Waals surface area contributed by atoms with Crippen LogP contribution in [0.15, 0.2) is 78.9 Å². The Hall–Kier alpha value is -3.11. The van der Waals surface area contributed by atoms with E-state index in [9.17, 15) is 18.0 Å². The summed E-state index contributed by atoms with van der Waals surface area (Å²) in [5.41, 5.74) is 1.72. The van der Waals surface area contributed by atoms with Crippen molar-refractivity contribution < 1.29 is 18.0 Å². The Morgan fingerprint density at radius 1 is 0.921 bits per heavy atom. The molecule has 0 unspecified atom stereocenters. The average molecular weight is 578 g/mol. The van der Waals surface area contributed by atoms with Gasteiger partial charge in [-0.1, -0.05) is 77.8 Å². The van der Waals surface area contributed by atoms with Crippen LogP contribution in [-0.4, -0.2) is 63.2 Å². The van der Waals surface area contributed by atoms with Gasteiger partial charge in [0.2, 0.25) is 11.8 Å². The molecule has 202 valence electrons. The Morgan fingerprint density at radius 2 is 1.53 bits per heavy atom. The first-order valence-electron chi connectivity index (χ1n) is 11.8. The number of benzene rings is 3. The summed E-state index contributed by atoms with van der Waals surface area (Å²) in [7, 11) is 0.234. The van der Waals surface area contributed by atoms with Crippen molar-refractivity contribution in [1.29, 1.82) is 0 Å². The van der Waals surface area contributed by atoms with E-state index in [0.717, 1.165) is 14.2 Å². The summed E-state index contributed by atoms with van der Waals surface area (Å²) in [5.74, 6) is -0.969. The maximum Gasteiger partial charge on any atom is 0.304 e. The van der Waals surface area contributed by atoms with Gasteiger partial charge in [-0.05, 0) is 35.4 Å². The number of hydrogen-bond donors (Lipinski definition) is 1. The Labute approximate surface area is 233 Å². The van der Waals surface area contributed by atoms with E-state index in [2.05, 4.69) is 5.32 Å². The molecule has 2 amide bonds. The predicted octanol–water partition coefficient (Wildman–Crippen LogP) is 3.99. The van der Waals surface area contributed by atoms with Crippen LogP contribution in [0.3, 0.4) is 0 Å². The normalized spacial score (nSPS) is 12.2. The van der Waals surface area contributed by atoms with E-state index >= 15 is 0 Å². The van der Waals surface area contributed by atoms with E-state index in [1.807, 2.05) is 30.3 Å². The lowest BCUT2D eigenvalue weighted by Gasteiger charge is -2.34. The van der Waals surface area contributed by atoms with Crippen molar-refractivity contribution in [3.8, 4) is 0 Å². The summed E-state index contributed by atoms with van der Waals surface area (Å²) < 4.78 is 28.6. The van der Waals surface area contributed by atoms with Gasteiger partial charge in [-0.25, -0.2) is 4.31 Å².